The molecule has 0 saturated heterocycles. The minimum absolute atomic E-state index is 0.187. The van der Waals surface area contributed by atoms with Crippen molar-refractivity contribution in [3.8, 4) is 0 Å². The van der Waals surface area contributed by atoms with Gasteiger partial charge in [0.15, 0.2) is 0 Å². The molecule has 0 aliphatic heterocycles. The third-order valence-electron chi connectivity index (χ3n) is 3.10. The van der Waals surface area contributed by atoms with Gasteiger partial charge in [-0.25, -0.2) is 4.39 Å². The topological polar surface area (TPSA) is 24.5 Å². The van der Waals surface area contributed by atoms with Gasteiger partial charge in [-0.3, -0.25) is 0 Å². The Morgan fingerprint density at radius 2 is 2.10 bits per heavy atom. The number of ether oxygens (including phenoxy) is 1. The molecule has 20 heavy (non-hydrogen) atoms. The molecule has 1 aromatic carbocycles. The van der Waals surface area contributed by atoms with Crippen LogP contribution in [0.5, 0.6) is 0 Å². The Kier molecular flexibility index (Phi) is 7.55. The summed E-state index contributed by atoms with van der Waals surface area (Å²) >= 11 is 0. The number of hydrogen-bond donors (Lipinski definition) is 1. The van der Waals surface area contributed by atoms with Crippen LogP contribution >= 0.6 is 0 Å². The van der Waals surface area contributed by atoms with Crippen LogP contribution in [0.1, 0.15) is 26.3 Å². The van der Waals surface area contributed by atoms with Gasteiger partial charge >= 0.3 is 0 Å². The van der Waals surface area contributed by atoms with Crippen molar-refractivity contribution in [2.75, 3.05) is 38.3 Å². The lowest BCUT2D eigenvalue weighted by atomic mass is 10.1. The van der Waals surface area contributed by atoms with Crippen LogP contribution in [-0.2, 0) is 11.3 Å². The highest BCUT2D eigenvalue weighted by Gasteiger charge is 2.09. The molecule has 1 rings (SSSR count). The fraction of sp³-hybridized carbons (Fsp3) is 0.625. The van der Waals surface area contributed by atoms with Crippen LogP contribution in [0, 0.1) is 11.7 Å². The summed E-state index contributed by atoms with van der Waals surface area (Å²) in [7, 11) is 2.01. The largest absolute Gasteiger partial charge is 0.380 e. The molecule has 114 valence electrons. The number of halogens is 1. The molecule has 1 N–H and O–H groups in total. The number of anilines is 1. The zero-order valence-corrected chi connectivity index (χ0v) is 13.1. The van der Waals surface area contributed by atoms with E-state index in [1.165, 1.54) is 6.07 Å². The molecule has 0 fully saturated rings. The van der Waals surface area contributed by atoms with Gasteiger partial charge in [0, 0.05) is 32.4 Å². The lowest BCUT2D eigenvalue weighted by Crippen LogP contribution is -2.26. The highest BCUT2D eigenvalue weighted by Crippen LogP contribution is 2.20. The minimum Gasteiger partial charge on any atom is -0.380 e. The van der Waals surface area contributed by atoms with E-state index in [4.69, 9.17) is 4.74 Å². The Labute approximate surface area is 122 Å². The smallest absolute Gasteiger partial charge is 0.123 e. The fourth-order valence-corrected chi connectivity index (χ4v) is 2.03. The summed E-state index contributed by atoms with van der Waals surface area (Å²) in [6.45, 7) is 10.1. The first kappa shape index (κ1) is 16.9. The van der Waals surface area contributed by atoms with E-state index in [0.29, 0.717) is 19.1 Å². The predicted molar refractivity (Wildman–Crippen MR) is 82.7 cm³/mol. The SMILES string of the molecule is CCOCCN(C)c1ccc(F)cc1CNCC(C)C. The Balaban J connectivity index is 2.68. The van der Waals surface area contributed by atoms with Crippen LogP contribution in [0.2, 0.25) is 0 Å². The normalized spacial score (nSPS) is 11.1. The molecule has 0 aliphatic carbocycles. The quantitative estimate of drug-likeness (QED) is 0.705. The van der Waals surface area contributed by atoms with Crippen molar-refractivity contribution in [1.82, 2.24) is 5.32 Å². The molecule has 0 spiro atoms. The molecule has 3 nitrogen and oxygen atoms in total. The maximum absolute atomic E-state index is 13.4. The average molecular weight is 282 g/mol. The molecule has 0 atom stereocenters. The van der Waals surface area contributed by atoms with E-state index in [1.54, 1.807) is 6.07 Å². The second-order valence-electron chi connectivity index (χ2n) is 5.42. The van der Waals surface area contributed by atoms with Crippen molar-refractivity contribution in [2.45, 2.75) is 27.3 Å². The Morgan fingerprint density at radius 1 is 1.35 bits per heavy atom. The maximum Gasteiger partial charge on any atom is 0.123 e. The van der Waals surface area contributed by atoms with Gasteiger partial charge in [-0.05, 0) is 43.1 Å². The monoisotopic (exact) mass is 282 g/mol. The van der Waals surface area contributed by atoms with Crippen molar-refractivity contribution >= 4 is 5.69 Å². The molecular weight excluding hydrogens is 255 g/mol. The van der Waals surface area contributed by atoms with E-state index in [-0.39, 0.29) is 5.82 Å². The third kappa shape index (κ3) is 5.88. The molecular formula is C16H27FN2O. The van der Waals surface area contributed by atoms with Gasteiger partial charge in [0.2, 0.25) is 0 Å². The van der Waals surface area contributed by atoms with Crippen molar-refractivity contribution in [3.63, 3.8) is 0 Å². The van der Waals surface area contributed by atoms with E-state index in [0.717, 1.165) is 30.9 Å². The summed E-state index contributed by atoms with van der Waals surface area (Å²) in [5.41, 5.74) is 2.05. The van der Waals surface area contributed by atoms with E-state index in [9.17, 15) is 4.39 Å². The number of hydrogen-bond acceptors (Lipinski definition) is 3. The van der Waals surface area contributed by atoms with Gasteiger partial charge in [0.1, 0.15) is 5.82 Å². The summed E-state index contributed by atoms with van der Waals surface area (Å²) in [5, 5.41) is 3.37. The first-order chi connectivity index (χ1) is 9.54. The van der Waals surface area contributed by atoms with Crippen molar-refractivity contribution in [2.24, 2.45) is 5.92 Å². The average Bonchev–Trinajstić information content (AvgIpc) is 2.38. The summed E-state index contributed by atoms with van der Waals surface area (Å²) in [6, 6.07) is 4.96. The van der Waals surface area contributed by atoms with E-state index >= 15 is 0 Å². The minimum atomic E-state index is -0.187. The van der Waals surface area contributed by atoms with Gasteiger partial charge in [-0.15, -0.1) is 0 Å². The molecule has 0 radical (unpaired) electrons. The van der Waals surface area contributed by atoms with Gasteiger partial charge < -0.3 is 15.0 Å². The molecule has 0 amide bonds. The van der Waals surface area contributed by atoms with Gasteiger partial charge in [-0.2, -0.15) is 0 Å². The number of rotatable bonds is 9. The standard InChI is InChI=1S/C16H27FN2O/c1-5-20-9-8-19(4)16-7-6-15(17)10-14(16)12-18-11-13(2)3/h6-7,10,13,18H,5,8-9,11-12H2,1-4H3. The number of nitrogens with one attached hydrogen (secondary N) is 1. The van der Waals surface area contributed by atoms with Gasteiger partial charge in [-0.1, -0.05) is 13.8 Å². The van der Waals surface area contributed by atoms with E-state index < -0.39 is 0 Å². The summed E-state index contributed by atoms with van der Waals surface area (Å²) in [5.74, 6) is 0.399. The summed E-state index contributed by atoms with van der Waals surface area (Å²) in [4.78, 5) is 2.11. The molecule has 4 heteroatoms. The van der Waals surface area contributed by atoms with Crippen LogP contribution in [0.15, 0.2) is 18.2 Å². The summed E-state index contributed by atoms with van der Waals surface area (Å²) < 4.78 is 18.8. The number of nitrogens with zero attached hydrogens (tertiary/aromatic N) is 1. The zero-order valence-electron chi connectivity index (χ0n) is 13.1. The highest BCUT2D eigenvalue weighted by atomic mass is 19.1. The molecule has 0 bridgehead atoms. The second kappa shape index (κ2) is 8.93. The lowest BCUT2D eigenvalue weighted by Gasteiger charge is -2.23. The summed E-state index contributed by atoms with van der Waals surface area (Å²) in [6.07, 6.45) is 0. The number of likely N-dealkylation sites (N-methyl/N-ethyl adjacent to an activating group) is 1. The number of benzene rings is 1. The molecule has 0 saturated carbocycles. The van der Waals surface area contributed by atoms with Crippen LogP contribution in [0.4, 0.5) is 10.1 Å². The van der Waals surface area contributed by atoms with Crippen molar-refractivity contribution in [3.05, 3.63) is 29.6 Å². The second-order valence-corrected chi connectivity index (χ2v) is 5.42. The van der Waals surface area contributed by atoms with Crippen LogP contribution in [-0.4, -0.2) is 33.4 Å². The molecule has 0 aromatic heterocycles. The van der Waals surface area contributed by atoms with Gasteiger partial charge in [0.05, 0.1) is 6.61 Å². The Morgan fingerprint density at radius 3 is 2.75 bits per heavy atom. The fourth-order valence-electron chi connectivity index (χ4n) is 2.03. The Hall–Kier alpha value is -1.13. The molecule has 1 aromatic rings. The van der Waals surface area contributed by atoms with E-state index in [1.807, 2.05) is 20.0 Å². The molecule has 0 aliphatic rings. The van der Waals surface area contributed by atoms with Gasteiger partial charge in [0.25, 0.3) is 0 Å². The molecule has 0 heterocycles. The van der Waals surface area contributed by atoms with Crippen molar-refractivity contribution in [1.29, 1.82) is 0 Å². The highest BCUT2D eigenvalue weighted by molar-refractivity contribution is 5.53. The van der Waals surface area contributed by atoms with Crippen molar-refractivity contribution < 1.29 is 9.13 Å². The first-order valence-electron chi connectivity index (χ1n) is 7.32. The lowest BCUT2D eigenvalue weighted by molar-refractivity contribution is 0.154. The zero-order chi connectivity index (χ0) is 15.0. The van der Waals surface area contributed by atoms with Crippen LogP contribution in [0.3, 0.4) is 0 Å². The molecule has 0 unspecified atom stereocenters. The van der Waals surface area contributed by atoms with Crippen LogP contribution in [0.25, 0.3) is 0 Å². The first-order valence-corrected chi connectivity index (χ1v) is 7.32. The van der Waals surface area contributed by atoms with Crippen LogP contribution < -0.4 is 10.2 Å². The third-order valence-corrected chi connectivity index (χ3v) is 3.10. The Bertz CT molecular complexity index is 396. The maximum atomic E-state index is 13.4. The van der Waals surface area contributed by atoms with E-state index in [2.05, 4.69) is 24.1 Å². The predicted octanol–water partition coefficient (Wildman–Crippen LogP) is 3.04.